The van der Waals surface area contributed by atoms with Gasteiger partial charge in [-0.05, 0) is 6.42 Å². The van der Waals surface area contributed by atoms with Gasteiger partial charge in [0.2, 0.25) is 0 Å². The summed E-state index contributed by atoms with van der Waals surface area (Å²) < 4.78 is 110. The number of fused-ring (bicyclic) bond motifs is 1. The zero-order valence-corrected chi connectivity index (χ0v) is 12.3. The third-order valence-electron chi connectivity index (χ3n) is 4.36. The van der Waals surface area contributed by atoms with E-state index < -0.39 is 72.9 Å². The number of rotatable bonds is 1. The van der Waals surface area contributed by atoms with E-state index in [4.69, 9.17) is 0 Å². The second-order valence-electron chi connectivity index (χ2n) is 5.96. The number of alkyl halides is 8. The number of hydrogen-bond donors (Lipinski definition) is 1. The molecule has 5 atom stereocenters. The van der Waals surface area contributed by atoms with Crippen molar-refractivity contribution in [3.8, 4) is 0 Å². The van der Waals surface area contributed by atoms with Crippen molar-refractivity contribution in [1.82, 2.24) is 9.78 Å². The summed E-state index contributed by atoms with van der Waals surface area (Å²) in [4.78, 5) is 0. The molecule has 3 rings (SSSR count). The fourth-order valence-corrected chi connectivity index (χ4v) is 3.21. The van der Waals surface area contributed by atoms with E-state index in [0.717, 1.165) is 0 Å². The molecular formula is C13H12F8N2O2. The molecule has 12 heteroatoms. The molecule has 0 unspecified atom stereocenters. The topological polar surface area (TPSA) is 47.3 Å². The molecule has 0 aromatic carbocycles. The van der Waals surface area contributed by atoms with Crippen LogP contribution in [0.2, 0.25) is 0 Å². The molecular weight excluding hydrogens is 368 g/mol. The zero-order valence-electron chi connectivity index (χ0n) is 12.3. The van der Waals surface area contributed by atoms with Crippen LogP contribution in [-0.4, -0.2) is 39.9 Å². The molecule has 25 heavy (non-hydrogen) atoms. The molecule has 1 N–H and O–H groups in total. The summed E-state index contributed by atoms with van der Waals surface area (Å²) >= 11 is 0. The minimum absolute atomic E-state index is 0.155. The summed E-state index contributed by atoms with van der Waals surface area (Å²) in [5.41, 5.74) is -3.60. The molecule has 1 fully saturated rings. The Morgan fingerprint density at radius 3 is 2.32 bits per heavy atom. The van der Waals surface area contributed by atoms with Crippen LogP contribution in [0, 0.1) is 0 Å². The Kier molecular flexibility index (Phi) is 4.26. The molecule has 1 aliphatic carbocycles. The van der Waals surface area contributed by atoms with Gasteiger partial charge >= 0.3 is 12.4 Å². The second kappa shape index (κ2) is 5.79. The van der Waals surface area contributed by atoms with Gasteiger partial charge in [0, 0.05) is 18.6 Å². The molecule has 0 bridgehead atoms. The molecule has 0 radical (unpaired) electrons. The van der Waals surface area contributed by atoms with E-state index in [1.165, 1.54) is 0 Å². The highest BCUT2D eigenvalue weighted by Gasteiger charge is 2.53. The van der Waals surface area contributed by atoms with E-state index in [2.05, 4.69) is 9.84 Å². The molecule has 0 amide bonds. The maximum Gasteiger partial charge on any atom is 0.435 e. The Labute approximate surface area is 135 Å². The Morgan fingerprint density at radius 2 is 1.76 bits per heavy atom. The second-order valence-corrected chi connectivity index (χ2v) is 5.96. The Morgan fingerprint density at radius 1 is 1.12 bits per heavy atom. The highest BCUT2D eigenvalue weighted by Crippen LogP contribution is 2.50. The van der Waals surface area contributed by atoms with Gasteiger partial charge in [0.25, 0.3) is 0 Å². The maximum absolute atomic E-state index is 14.1. The number of hydrogen-bond acceptors (Lipinski definition) is 3. The molecule has 1 aliphatic heterocycles. The Balaban J connectivity index is 2.05. The van der Waals surface area contributed by atoms with Gasteiger partial charge in [-0.3, -0.25) is 4.68 Å². The summed E-state index contributed by atoms with van der Waals surface area (Å²) in [6.45, 7) is -0.427. The van der Waals surface area contributed by atoms with Crippen LogP contribution < -0.4 is 0 Å². The molecule has 2 aliphatic rings. The molecule has 142 valence electrons. The number of ether oxygens (including phenoxy) is 1. The highest BCUT2D eigenvalue weighted by molar-refractivity contribution is 5.39. The SMILES string of the molecule is O[C@H]1c2c(C(F)(F)F)nn([C@H]3CCO[C@H](C(F)(F)F)C3)c2[C@@H](F)[C@H]1F. The van der Waals surface area contributed by atoms with Crippen LogP contribution in [0.15, 0.2) is 0 Å². The van der Waals surface area contributed by atoms with E-state index >= 15 is 0 Å². The van der Waals surface area contributed by atoms with Gasteiger partial charge < -0.3 is 9.84 Å². The summed E-state index contributed by atoms with van der Waals surface area (Å²) in [6, 6.07) is -1.26. The molecule has 1 aromatic heterocycles. The van der Waals surface area contributed by atoms with Crippen molar-refractivity contribution in [3.63, 3.8) is 0 Å². The molecule has 0 saturated carbocycles. The summed E-state index contributed by atoms with van der Waals surface area (Å²) in [5.74, 6) is 0. The summed E-state index contributed by atoms with van der Waals surface area (Å²) in [6.07, 6.45) is -20.7. The molecule has 1 saturated heterocycles. The third kappa shape index (κ3) is 2.98. The number of aliphatic hydroxyl groups is 1. The smallest absolute Gasteiger partial charge is 0.385 e. The van der Waals surface area contributed by atoms with Gasteiger partial charge in [-0.15, -0.1) is 0 Å². The number of nitrogens with zero attached hydrogens (tertiary/aromatic N) is 2. The van der Waals surface area contributed by atoms with Crippen molar-refractivity contribution in [2.45, 2.75) is 55.8 Å². The first-order chi connectivity index (χ1) is 11.4. The minimum Gasteiger partial charge on any atom is -0.385 e. The van der Waals surface area contributed by atoms with Gasteiger partial charge in [-0.2, -0.15) is 31.4 Å². The van der Waals surface area contributed by atoms with Gasteiger partial charge in [-0.1, -0.05) is 0 Å². The van der Waals surface area contributed by atoms with Crippen LogP contribution in [0.5, 0.6) is 0 Å². The van der Waals surface area contributed by atoms with E-state index in [-0.39, 0.29) is 6.42 Å². The third-order valence-corrected chi connectivity index (χ3v) is 4.36. The lowest BCUT2D eigenvalue weighted by Gasteiger charge is -2.31. The highest BCUT2D eigenvalue weighted by atomic mass is 19.4. The number of halogens is 8. The molecule has 1 aromatic rings. The van der Waals surface area contributed by atoms with Crippen LogP contribution in [0.25, 0.3) is 0 Å². The predicted molar refractivity (Wildman–Crippen MR) is 65.0 cm³/mol. The van der Waals surface area contributed by atoms with Crippen LogP contribution in [-0.2, 0) is 10.9 Å². The van der Waals surface area contributed by atoms with Crippen LogP contribution in [0.3, 0.4) is 0 Å². The zero-order chi connectivity index (χ0) is 18.7. The monoisotopic (exact) mass is 380 g/mol. The first kappa shape index (κ1) is 18.4. The van der Waals surface area contributed by atoms with E-state index in [1.54, 1.807) is 0 Å². The van der Waals surface area contributed by atoms with Crippen LogP contribution >= 0.6 is 0 Å². The quantitative estimate of drug-likeness (QED) is 0.758. The number of aromatic nitrogens is 2. The Hall–Kier alpha value is -1.43. The maximum atomic E-state index is 14.1. The van der Waals surface area contributed by atoms with Crippen molar-refractivity contribution in [2.24, 2.45) is 0 Å². The van der Waals surface area contributed by atoms with Crippen molar-refractivity contribution >= 4 is 0 Å². The predicted octanol–water partition coefficient (Wildman–Crippen LogP) is 3.58. The lowest BCUT2D eigenvalue weighted by atomic mass is 10.0. The lowest BCUT2D eigenvalue weighted by molar-refractivity contribution is -0.235. The van der Waals surface area contributed by atoms with E-state index in [9.17, 15) is 40.2 Å². The largest absolute Gasteiger partial charge is 0.435 e. The van der Waals surface area contributed by atoms with Gasteiger partial charge in [0.15, 0.2) is 24.1 Å². The van der Waals surface area contributed by atoms with E-state index in [1.807, 2.05) is 0 Å². The van der Waals surface area contributed by atoms with Crippen molar-refractivity contribution in [1.29, 1.82) is 0 Å². The summed E-state index contributed by atoms with van der Waals surface area (Å²) in [7, 11) is 0. The fraction of sp³-hybridized carbons (Fsp3) is 0.769. The normalized spacial score (nSPS) is 33.6. The Bertz CT molecular complexity index is 656. The average molecular weight is 380 g/mol. The standard InChI is InChI=1S/C13H12F8N2O2/c14-7-8(15)10(24)6-9(7)23(22-11(6)13(19,20)21)4-1-2-25-5(3-4)12(16,17)18/h4-5,7-8,10,24H,1-3H2/t4-,5-,7-,8+,10-/m0/s1. The fourth-order valence-electron chi connectivity index (χ4n) is 3.21. The van der Waals surface area contributed by atoms with Gasteiger partial charge in [0.05, 0.1) is 11.7 Å². The summed E-state index contributed by atoms with van der Waals surface area (Å²) in [5, 5.41) is 12.8. The van der Waals surface area contributed by atoms with Gasteiger partial charge in [-0.25, -0.2) is 8.78 Å². The van der Waals surface area contributed by atoms with E-state index in [0.29, 0.717) is 4.68 Å². The van der Waals surface area contributed by atoms with Crippen LogP contribution in [0.4, 0.5) is 35.1 Å². The lowest BCUT2D eigenvalue weighted by Crippen LogP contribution is -2.39. The van der Waals surface area contributed by atoms with Crippen LogP contribution in [0.1, 0.15) is 48.1 Å². The average Bonchev–Trinajstić information content (AvgIpc) is 3.00. The van der Waals surface area contributed by atoms with Crippen molar-refractivity contribution in [3.05, 3.63) is 17.0 Å². The van der Waals surface area contributed by atoms with Crippen molar-refractivity contribution in [2.75, 3.05) is 6.61 Å². The molecule has 4 nitrogen and oxygen atoms in total. The number of aliphatic hydroxyl groups excluding tert-OH is 1. The van der Waals surface area contributed by atoms with Gasteiger partial charge in [0.1, 0.15) is 6.10 Å². The van der Waals surface area contributed by atoms with Crippen molar-refractivity contribution < 1.29 is 45.0 Å². The first-order valence-electron chi connectivity index (χ1n) is 7.27. The molecule has 2 heterocycles. The molecule has 0 spiro atoms. The minimum atomic E-state index is -5.12. The first-order valence-corrected chi connectivity index (χ1v) is 7.27.